The van der Waals surface area contributed by atoms with Crippen molar-refractivity contribution in [3.05, 3.63) is 71.4 Å². The molecule has 0 amide bonds. The molecule has 2 heterocycles. The van der Waals surface area contributed by atoms with Crippen molar-refractivity contribution in [2.24, 2.45) is 5.73 Å². The molecule has 4 aromatic rings. The maximum absolute atomic E-state index is 15.2. The van der Waals surface area contributed by atoms with Crippen LogP contribution in [-0.2, 0) is 22.3 Å². The third kappa shape index (κ3) is 5.08. The number of anilines is 2. The molecule has 0 atom stereocenters. The molecule has 0 bridgehead atoms. The molecule has 5 rings (SSSR count). The molecule has 0 aliphatic heterocycles. The first-order valence-electron chi connectivity index (χ1n) is 12.6. The Bertz CT molecular complexity index is 1600. The minimum atomic E-state index is -4.06. The van der Waals surface area contributed by atoms with Crippen LogP contribution in [0, 0.1) is 11.6 Å². The summed E-state index contributed by atoms with van der Waals surface area (Å²) in [6.45, 7) is 2.55. The molecule has 0 spiro atoms. The number of pyridine rings is 1. The summed E-state index contributed by atoms with van der Waals surface area (Å²) in [6.07, 6.45) is 5.57. The Morgan fingerprint density at radius 3 is 2.50 bits per heavy atom. The van der Waals surface area contributed by atoms with Gasteiger partial charge >= 0.3 is 0 Å². The second kappa shape index (κ2) is 10.3. The number of nitrogen functional groups attached to an aromatic ring is 1. The Hall–Kier alpha value is -3.57. The van der Waals surface area contributed by atoms with Gasteiger partial charge in [-0.15, -0.1) is 0 Å². The zero-order chi connectivity index (χ0) is 27.0. The summed E-state index contributed by atoms with van der Waals surface area (Å²) < 4.78 is 58.4. The van der Waals surface area contributed by atoms with Gasteiger partial charge in [0.25, 0.3) is 0 Å². The van der Waals surface area contributed by atoms with Crippen LogP contribution in [0.1, 0.15) is 49.7 Å². The van der Waals surface area contributed by atoms with Crippen molar-refractivity contribution < 1.29 is 17.2 Å². The van der Waals surface area contributed by atoms with E-state index in [-0.39, 0.29) is 23.2 Å². The Morgan fingerprint density at radius 1 is 1.08 bits per heavy atom. The molecular weight excluding hydrogens is 510 g/mol. The Morgan fingerprint density at radius 2 is 1.82 bits per heavy atom. The van der Waals surface area contributed by atoms with Gasteiger partial charge in [0.15, 0.2) is 0 Å². The number of hydrogen-bond donors (Lipinski definition) is 3. The average Bonchev–Trinajstić information content (AvgIpc) is 3.28. The topological polar surface area (TPSA) is 129 Å². The number of halogens is 2. The summed E-state index contributed by atoms with van der Waals surface area (Å²) in [5.74, 6) is -1.48. The molecule has 2 aromatic carbocycles. The lowest BCUT2D eigenvalue weighted by Crippen LogP contribution is -2.26. The number of sulfonamides is 1. The van der Waals surface area contributed by atoms with E-state index in [1.807, 2.05) is 17.8 Å². The lowest BCUT2D eigenvalue weighted by molar-refractivity contribution is 0.395. The number of nitrogens with two attached hydrogens (primary N) is 2. The van der Waals surface area contributed by atoms with Crippen LogP contribution in [0.3, 0.4) is 0 Å². The Labute approximate surface area is 220 Å². The van der Waals surface area contributed by atoms with E-state index < -0.39 is 27.4 Å². The maximum Gasteiger partial charge on any atom is 0.237 e. The molecule has 2 aromatic heterocycles. The third-order valence-electron chi connectivity index (χ3n) is 7.15. The van der Waals surface area contributed by atoms with Crippen molar-refractivity contribution in [2.45, 2.75) is 56.9 Å². The van der Waals surface area contributed by atoms with Gasteiger partial charge in [0.05, 0.1) is 22.3 Å². The first-order chi connectivity index (χ1) is 18.2. The highest BCUT2D eigenvalue weighted by Gasteiger charge is 2.27. The zero-order valence-electron chi connectivity index (χ0n) is 21.0. The molecular formula is C27H30F2N6O2S. The number of hydrogen-bond acceptors (Lipinski definition) is 6. The molecule has 38 heavy (non-hydrogen) atoms. The van der Waals surface area contributed by atoms with E-state index >= 15 is 4.39 Å². The fraction of sp³-hybridized carbons (Fsp3) is 0.333. The van der Waals surface area contributed by atoms with Crippen molar-refractivity contribution in [1.82, 2.24) is 14.8 Å². The van der Waals surface area contributed by atoms with Crippen LogP contribution in [0.25, 0.3) is 22.2 Å². The molecule has 1 aliphatic carbocycles. The van der Waals surface area contributed by atoms with Gasteiger partial charge in [-0.05, 0) is 62.3 Å². The summed E-state index contributed by atoms with van der Waals surface area (Å²) in [5.41, 5.74) is 15.0. The summed E-state index contributed by atoms with van der Waals surface area (Å²) >= 11 is 0. The minimum Gasteiger partial charge on any atom is -0.383 e. The minimum absolute atomic E-state index is 0.00710. The largest absolute Gasteiger partial charge is 0.383 e. The van der Waals surface area contributed by atoms with Gasteiger partial charge in [-0.3, -0.25) is 9.40 Å². The molecule has 1 saturated carbocycles. The van der Waals surface area contributed by atoms with Crippen LogP contribution >= 0.6 is 0 Å². The third-order valence-corrected chi connectivity index (χ3v) is 8.37. The number of benzene rings is 2. The van der Waals surface area contributed by atoms with Crippen molar-refractivity contribution >= 4 is 32.4 Å². The van der Waals surface area contributed by atoms with E-state index in [1.165, 1.54) is 36.4 Å². The van der Waals surface area contributed by atoms with E-state index in [0.29, 0.717) is 29.0 Å². The molecule has 5 N–H and O–H groups in total. The van der Waals surface area contributed by atoms with E-state index in [1.54, 1.807) is 6.07 Å². The first-order valence-corrected chi connectivity index (χ1v) is 14.3. The lowest BCUT2D eigenvalue weighted by Gasteiger charge is -2.27. The number of aromatic nitrogens is 3. The average molecular weight is 541 g/mol. The molecule has 0 unspecified atom stereocenters. The van der Waals surface area contributed by atoms with Gasteiger partial charge in [-0.2, -0.15) is 5.10 Å². The lowest BCUT2D eigenvalue weighted by atomic mass is 9.82. The smallest absolute Gasteiger partial charge is 0.237 e. The second-order valence-corrected chi connectivity index (χ2v) is 11.5. The SMILES string of the molecule is CCn1nc(-c2ccc(NS(=O)(=O)Cc3ccccc3F)c(F)c2)c2c(N)ncc(C3CCC(N)CC3)c21. The fourth-order valence-corrected chi connectivity index (χ4v) is 6.41. The molecule has 1 aliphatic rings. The highest BCUT2D eigenvalue weighted by atomic mass is 32.2. The van der Waals surface area contributed by atoms with Crippen LogP contribution in [0.2, 0.25) is 0 Å². The van der Waals surface area contributed by atoms with Crippen LogP contribution in [0.5, 0.6) is 0 Å². The van der Waals surface area contributed by atoms with Crippen LogP contribution in [-0.4, -0.2) is 29.2 Å². The molecule has 8 nitrogen and oxygen atoms in total. The number of fused-ring (bicyclic) bond motifs is 1. The van der Waals surface area contributed by atoms with Crippen molar-refractivity contribution in [3.63, 3.8) is 0 Å². The summed E-state index contributed by atoms with van der Waals surface area (Å²) in [6, 6.07) is 9.89. The monoisotopic (exact) mass is 540 g/mol. The summed E-state index contributed by atoms with van der Waals surface area (Å²) in [5, 5.41) is 5.39. The molecule has 11 heteroatoms. The van der Waals surface area contributed by atoms with Gasteiger partial charge in [-0.1, -0.05) is 24.3 Å². The predicted molar refractivity (Wildman–Crippen MR) is 145 cm³/mol. The second-order valence-electron chi connectivity index (χ2n) is 9.75. The normalized spacial score (nSPS) is 18.1. The van der Waals surface area contributed by atoms with Gasteiger partial charge in [0.1, 0.15) is 23.1 Å². The summed E-state index contributed by atoms with van der Waals surface area (Å²) in [4.78, 5) is 4.45. The number of nitrogens with one attached hydrogen (secondary N) is 1. The van der Waals surface area contributed by atoms with Crippen LogP contribution in [0.4, 0.5) is 20.3 Å². The Kier molecular flexibility index (Phi) is 7.06. The highest BCUT2D eigenvalue weighted by Crippen LogP contribution is 2.40. The number of aryl methyl sites for hydroxylation is 1. The number of nitrogens with zero attached hydrogens (tertiary/aromatic N) is 3. The van der Waals surface area contributed by atoms with Crippen LogP contribution < -0.4 is 16.2 Å². The van der Waals surface area contributed by atoms with Crippen LogP contribution in [0.15, 0.2) is 48.7 Å². The first kappa shape index (κ1) is 26.1. The van der Waals surface area contributed by atoms with Crippen molar-refractivity contribution in [2.75, 3.05) is 10.5 Å². The maximum atomic E-state index is 15.2. The predicted octanol–water partition coefficient (Wildman–Crippen LogP) is 4.91. The van der Waals surface area contributed by atoms with Crippen molar-refractivity contribution in [3.8, 4) is 11.3 Å². The molecule has 1 fully saturated rings. The van der Waals surface area contributed by atoms with E-state index in [0.717, 1.165) is 36.8 Å². The number of rotatable bonds is 7. The van der Waals surface area contributed by atoms with E-state index in [2.05, 4.69) is 9.71 Å². The van der Waals surface area contributed by atoms with Crippen molar-refractivity contribution in [1.29, 1.82) is 0 Å². The quantitative estimate of drug-likeness (QED) is 0.306. The van der Waals surface area contributed by atoms with Gasteiger partial charge in [0.2, 0.25) is 10.0 Å². The van der Waals surface area contributed by atoms with Gasteiger partial charge in [0, 0.05) is 29.9 Å². The highest BCUT2D eigenvalue weighted by molar-refractivity contribution is 7.91. The molecule has 0 radical (unpaired) electrons. The standard InChI is InChI=1S/C27H30F2N6O2S/c1-2-35-26-20(16-7-10-19(30)11-8-16)14-32-27(31)24(26)25(33-35)17-9-12-23(22(29)13-17)34-38(36,37)15-18-5-3-4-6-21(18)28/h3-6,9,12-14,16,19,34H,2,7-8,10-11,15,30H2,1H3,(H2,31,32). The molecule has 200 valence electrons. The van der Waals surface area contributed by atoms with Gasteiger partial charge < -0.3 is 11.5 Å². The Balaban J connectivity index is 1.49. The van der Waals surface area contributed by atoms with E-state index in [4.69, 9.17) is 16.6 Å². The zero-order valence-corrected chi connectivity index (χ0v) is 21.8. The molecule has 0 saturated heterocycles. The van der Waals surface area contributed by atoms with E-state index in [9.17, 15) is 12.8 Å². The fourth-order valence-electron chi connectivity index (χ4n) is 5.19. The van der Waals surface area contributed by atoms with Gasteiger partial charge in [-0.25, -0.2) is 22.2 Å². The summed E-state index contributed by atoms with van der Waals surface area (Å²) in [7, 11) is -4.06.